The van der Waals surface area contributed by atoms with Gasteiger partial charge in [0.2, 0.25) is 0 Å². The first-order chi connectivity index (χ1) is 7.50. The third kappa shape index (κ3) is 25.9. The highest BCUT2D eigenvalue weighted by molar-refractivity contribution is 4.51. The van der Waals surface area contributed by atoms with Gasteiger partial charge in [0.25, 0.3) is 0 Å². The molecule has 2 rings (SSSR count). The quantitative estimate of drug-likeness (QED) is 0.412. The van der Waals surface area contributed by atoms with E-state index in [1.54, 1.807) is 0 Å². The lowest BCUT2D eigenvalue weighted by Crippen LogP contribution is -1.85. The highest BCUT2D eigenvalue weighted by atomic mass is 14.0. The van der Waals surface area contributed by atoms with Crippen LogP contribution in [0.15, 0.2) is 0 Å². The number of hydrogen-bond acceptors (Lipinski definition) is 0. The first kappa shape index (κ1) is 25.8. The van der Waals surface area contributed by atoms with Gasteiger partial charge in [0.1, 0.15) is 0 Å². The fraction of sp³-hybridized carbons (Fsp3) is 1.00. The molecule has 0 aromatic heterocycles. The van der Waals surface area contributed by atoms with Gasteiger partial charge in [0.05, 0.1) is 0 Å². The van der Waals surface area contributed by atoms with Crippen LogP contribution in [0, 0.1) is 0 Å². The summed E-state index contributed by atoms with van der Waals surface area (Å²) in [5, 5.41) is 0. The van der Waals surface area contributed by atoms with E-state index in [9.17, 15) is 0 Å². The zero-order valence-corrected chi connectivity index (χ0v) is 11.8. The fourth-order valence-corrected chi connectivity index (χ4v) is 1.94. The van der Waals surface area contributed by atoms with E-state index in [1.165, 1.54) is 70.6 Å². The van der Waals surface area contributed by atoms with Crippen LogP contribution in [0.4, 0.5) is 0 Å². The van der Waals surface area contributed by atoms with Gasteiger partial charge in [0.15, 0.2) is 0 Å². The van der Waals surface area contributed by atoms with Crippen LogP contribution in [0.2, 0.25) is 0 Å². The van der Waals surface area contributed by atoms with E-state index in [4.69, 9.17) is 0 Å². The summed E-state index contributed by atoms with van der Waals surface area (Å²) in [6.07, 6.45) is 16.5. The van der Waals surface area contributed by atoms with E-state index in [0.29, 0.717) is 0 Å². The number of hydrogen-bond donors (Lipinski definition) is 0. The molecule has 2 fully saturated rings. The summed E-state index contributed by atoms with van der Waals surface area (Å²) in [4.78, 5) is 0. The normalized spacial score (nSPS) is 16.2. The van der Waals surface area contributed by atoms with Crippen LogP contribution >= 0.6 is 0 Å². The van der Waals surface area contributed by atoms with Gasteiger partial charge in [-0.2, -0.15) is 0 Å². The molecule has 2 aliphatic rings. The molecule has 0 aromatic carbocycles. The average Bonchev–Trinajstić information content (AvgIpc) is 2.95. The zero-order valence-electron chi connectivity index (χ0n) is 11.8. The van der Waals surface area contributed by atoms with Crippen molar-refractivity contribution in [3.8, 4) is 0 Å². The van der Waals surface area contributed by atoms with Crippen molar-refractivity contribution in [2.24, 2.45) is 0 Å². The standard InChI is InChI=1S/C6H12.C5H10.2C2H6.2CH4/c1-2-4-6-5-3-1;1-2-4-5-3-1;2*1-2;;/h1-6H2;1-5H2;2*1-2H3;2*1H4. The topological polar surface area (TPSA) is 0 Å². The Bertz CT molecular complexity index is 49.0. The third-order valence-corrected chi connectivity index (χ3v) is 2.75. The summed E-state index contributed by atoms with van der Waals surface area (Å²) in [6.45, 7) is 8.00. The molecule has 0 amide bonds. The van der Waals surface area contributed by atoms with Gasteiger partial charge in [-0.25, -0.2) is 0 Å². The van der Waals surface area contributed by atoms with Gasteiger partial charge in [-0.05, 0) is 0 Å². The van der Waals surface area contributed by atoms with Gasteiger partial charge >= 0.3 is 0 Å². The molecule has 0 spiro atoms. The Morgan fingerprint density at radius 1 is 0.294 bits per heavy atom. The van der Waals surface area contributed by atoms with Crippen LogP contribution in [-0.4, -0.2) is 0 Å². The molecule has 0 heteroatoms. The summed E-state index contributed by atoms with van der Waals surface area (Å²) in [5.41, 5.74) is 0. The minimum atomic E-state index is 0. The third-order valence-electron chi connectivity index (χ3n) is 2.75. The van der Waals surface area contributed by atoms with Crippen molar-refractivity contribution in [1.82, 2.24) is 0 Å². The second-order valence-electron chi connectivity index (χ2n) is 3.89. The van der Waals surface area contributed by atoms with Crippen molar-refractivity contribution in [3.05, 3.63) is 0 Å². The molecule has 0 N–H and O–H groups in total. The molecule has 0 atom stereocenters. The molecule has 2 saturated carbocycles. The molecular weight excluding hydrogens is 204 g/mol. The van der Waals surface area contributed by atoms with E-state index >= 15 is 0 Å². The molecule has 0 nitrogen and oxygen atoms in total. The largest absolute Gasteiger partial charge is 0.0776 e. The van der Waals surface area contributed by atoms with Gasteiger partial charge in [-0.3, -0.25) is 0 Å². The predicted octanol–water partition coefficient (Wildman–Crippen LogP) is 7.62. The highest BCUT2D eigenvalue weighted by Gasteiger charge is 1.95. The Hall–Kier alpha value is 0. The lowest BCUT2D eigenvalue weighted by atomic mass is 10.0. The Kier molecular flexibility index (Phi) is 45.1. The summed E-state index contributed by atoms with van der Waals surface area (Å²) >= 11 is 0. The van der Waals surface area contributed by atoms with Crippen LogP contribution in [0.1, 0.15) is 113 Å². The Morgan fingerprint density at radius 2 is 0.353 bits per heavy atom. The van der Waals surface area contributed by atoms with Crippen LogP contribution in [0.25, 0.3) is 0 Å². The Labute approximate surface area is 114 Å². The maximum Gasteiger partial charge on any atom is -0.0533 e. The van der Waals surface area contributed by atoms with Crippen molar-refractivity contribution < 1.29 is 0 Å². The molecule has 0 radical (unpaired) electrons. The molecule has 0 heterocycles. The monoisotopic (exact) mass is 246 g/mol. The van der Waals surface area contributed by atoms with E-state index in [0.717, 1.165) is 0 Å². The fourth-order valence-electron chi connectivity index (χ4n) is 1.94. The number of rotatable bonds is 0. The van der Waals surface area contributed by atoms with Crippen molar-refractivity contribution >= 4 is 0 Å². The van der Waals surface area contributed by atoms with Gasteiger partial charge in [-0.15, -0.1) is 0 Å². The summed E-state index contributed by atoms with van der Waals surface area (Å²) in [5.74, 6) is 0. The Morgan fingerprint density at radius 3 is 0.412 bits per heavy atom. The van der Waals surface area contributed by atoms with Crippen LogP contribution in [0.3, 0.4) is 0 Å². The molecule has 110 valence electrons. The molecule has 0 saturated heterocycles. The second kappa shape index (κ2) is 29.8. The highest BCUT2D eigenvalue weighted by Crippen LogP contribution is 2.15. The van der Waals surface area contributed by atoms with E-state index < -0.39 is 0 Å². The Balaban J connectivity index is -0.0000000712. The minimum Gasteiger partial charge on any atom is -0.0776 e. The molecule has 0 unspecified atom stereocenters. The van der Waals surface area contributed by atoms with E-state index in [2.05, 4.69) is 0 Å². The first-order valence-corrected chi connectivity index (χ1v) is 7.50. The van der Waals surface area contributed by atoms with Crippen LogP contribution < -0.4 is 0 Å². The van der Waals surface area contributed by atoms with Crippen molar-refractivity contribution in [3.63, 3.8) is 0 Å². The van der Waals surface area contributed by atoms with Crippen molar-refractivity contribution in [2.75, 3.05) is 0 Å². The van der Waals surface area contributed by atoms with Gasteiger partial charge in [-0.1, -0.05) is 113 Å². The van der Waals surface area contributed by atoms with Crippen LogP contribution in [0.5, 0.6) is 0 Å². The molecular formula is C17H42. The van der Waals surface area contributed by atoms with Crippen molar-refractivity contribution in [1.29, 1.82) is 0 Å². The zero-order chi connectivity index (χ0) is 11.8. The van der Waals surface area contributed by atoms with Crippen LogP contribution in [-0.2, 0) is 0 Å². The second-order valence-corrected chi connectivity index (χ2v) is 3.89. The lowest BCUT2D eigenvalue weighted by Gasteiger charge is -2.05. The molecule has 17 heavy (non-hydrogen) atoms. The molecule has 0 bridgehead atoms. The predicted molar refractivity (Wildman–Crippen MR) is 86.9 cm³/mol. The smallest absolute Gasteiger partial charge is 0.0533 e. The lowest BCUT2D eigenvalue weighted by molar-refractivity contribution is 0.504. The summed E-state index contributed by atoms with van der Waals surface area (Å²) in [6, 6.07) is 0. The maximum absolute atomic E-state index is 2.00. The maximum atomic E-state index is 2.00. The van der Waals surface area contributed by atoms with E-state index in [-0.39, 0.29) is 14.9 Å². The van der Waals surface area contributed by atoms with E-state index in [1.807, 2.05) is 27.7 Å². The van der Waals surface area contributed by atoms with Gasteiger partial charge in [0, 0.05) is 0 Å². The summed E-state index contributed by atoms with van der Waals surface area (Å²) in [7, 11) is 0. The molecule has 0 aromatic rings. The average molecular weight is 247 g/mol. The first-order valence-electron chi connectivity index (χ1n) is 7.50. The SMILES string of the molecule is C.C.C1CCCC1.C1CCCCC1.CC.CC. The molecule has 0 aliphatic heterocycles. The molecule has 2 aliphatic carbocycles. The summed E-state index contributed by atoms with van der Waals surface area (Å²) < 4.78 is 0. The van der Waals surface area contributed by atoms with Crippen molar-refractivity contribution in [2.45, 2.75) is 113 Å². The minimum absolute atomic E-state index is 0. The van der Waals surface area contributed by atoms with Gasteiger partial charge < -0.3 is 0 Å².